The third kappa shape index (κ3) is 5.99. The molecule has 0 aliphatic carbocycles. The number of aromatic nitrogens is 2. The molecule has 0 fully saturated rings. The maximum atomic E-state index is 13.8. The van der Waals surface area contributed by atoms with E-state index in [0.29, 0.717) is 27.9 Å². The fraction of sp³-hybridized carbons (Fsp3) is 0.182. The minimum absolute atomic E-state index is 0.0634. The molecule has 0 aliphatic heterocycles. The van der Waals surface area contributed by atoms with Crippen molar-refractivity contribution >= 4 is 22.8 Å². The van der Waals surface area contributed by atoms with E-state index in [9.17, 15) is 19.3 Å². The van der Waals surface area contributed by atoms with Crippen LogP contribution in [0, 0.1) is 22.9 Å². The molecule has 0 aliphatic rings. The molecule has 0 saturated carbocycles. The molecular weight excluding hydrogens is 551 g/mol. The van der Waals surface area contributed by atoms with Crippen LogP contribution in [0.5, 0.6) is 11.5 Å². The first-order valence-corrected chi connectivity index (χ1v) is 13.6. The van der Waals surface area contributed by atoms with Crippen LogP contribution in [0.1, 0.15) is 42.0 Å². The zero-order chi connectivity index (χ0) is 30.7. The SMILES string of the molecule is COc1cc(C)c(-c2nc3ccccc3c(=O)n2N=Cc2cccc([N+](=O)[O-])c2OCc2cccc(F)c2)cc1C(C)C. The molecule has 4 aromatic carbocycles. The van der Waals surface area contributed by atoms with E-state index in [-0.39, 0.29) is 29.5 Å². The molecule has 9 nitrogen and oxygen atoms in total. The average molecular weight is 581 g/mol. The van der Waals surface area contributed by atoms with Crippen molar-refractivity contribution < 1.29 is 18.8 Å². The molecule has 10 heteroatoms. The van der Waals surface area contributed by atoms with Gasteiger partial charge in [-0.3, -0.25) is 14.9 Å². The third-order valence-corrected chi connectivity index (χ3v) is 7.00. The number of methoxy groups -OCH3 is 1. The first-order chi connectivity index (χ1) is 20.7. The molecule has 0 spiro atoms. The van der Waals surface area contributed by atoms with Crippen LogP contribution >= 0.6 is 0 Å². The average Bonchev–Trinajstić information content (AvgIpc) is 2.99. The Bertz CT molecular complexity index is 1930. The molecule has 5 aromatic rings. The Morgan fingerprint density at radius 1 is 1.07 bits per heavy atom. The van der Waals surface area contributed by atoms with E-state index in [0.717, 1.165) is 16.9 Å². The quantitative estimate of drug-likeness (QED) is 0.105. The third-order valence-electron chi connectivity index (χ3n) is 7.00. The van der Waals surface area contributed by atoms with Crippen LogP contribution in [0.25, 0.3) is 22.3 Å². The van der Waals surface area contributed by atoms with E-state index in [1.165, 1.54) is 41.2 Å². The Morgan fingerprint density at radius 2 is 1.84 bits per heavy atom. The van der Waals surface area contributed by atoms with Crippen LogP contribution in [0.15, 0.2) is 88.8 Å². The Labute approximate surface area is 247 Å². The number of para-hydroxylation sites is 2. The molecule has 218 valence electrons. The van der Waals surface area contributed by atoms with Crippen LogP contribution in [0.3, 0.4) is 0 Å². The number of aryl methyl sites for hydroxylation is 1. The van der Waals surface area contributed by atoms with Crippen molar-refractivity contribution in [3.05, 3.63) is 127 Å². The molecule has 5 rings (SSSR count). The molecule has 0 saturated heterocycles. The molecule has 0 amide bonds. The summed E-state index contributed by atoms with van der Waals surface area (Å²) < 4.78 is 26.4. The largest absolute Gasteiger partial charge is 0.496 e. The molecule has 1 aromatic heterocycles. The van der Waals surface area contributed by atoms with E-state index in [1.54, 1.807) is 43.5 Å². The number of halogens is 1. The van der Waals surface area contributed by atoms with Crippen molar-refractivity contribution in [1.82, 2.24) is 9.66 Å². The summed E-state index contributed by atoms with van der Waals surface area (Å²) in [6.07, 6.45) is 1.33. The minimum atomic E-state index is -0.568. The Hall–Kier alpha value is -5.38. The first kappa shape index (κ1) is 29.1. The highest BCUT2D eigenvalue weighted by molar-refractivity contribution is 5.86. The van der Waals surface area contributed by atoms with Gasteiger partial charge in [0.2, 0.25) is 5.75 Å². The summed E-state index contributed by atoms with van der Waals surface area (Å²) in [6, 6.07) is 21.0. The highest BCUT2D eigenvalue weighted by Crippen LogP contribution is 2.34. The summed E-state index contributed by atoms with van der Waals surface area (Å²) in [7, 11) is 1.61. The van der Waals surface area contributed by atoms with Crippen LogP contribution in [0.4, 0.5) is 10.1 Å². The fourth-order valence-corrected chi connectivity index (χ4v) is 4.82. The Balaban J connectivity index is 1.67. The second kappa shape index (κ2) is 12.2. The lowest BCUT2D eigenvalue weighted by atomic mass is 9.96. The molecule has 0 N–H and O–H groups in total. The van der Waals surface area contributed by atoms with Gasteiger partial charge in [-0.25, -0.2) is 9.37 Å². The summed E-state index contributed by atoms with van der Waals surface area (Å²) in [6.45, 7) is 5.87. The van der Waals surface area contributed by atoms with E-state index < -0.39 is 16.3 Å². The smallest absolute Gasteiger partial charge is 0.311 e. The van der Waals surface area contributed by atoms with E-state index >= 15 is 0 Å². The van der Waals surface area contributed by atoms with Crippen LogP contribution in [0.2, 0.25) is 0 Å². The molecule has 43 heavy (non-hydrogen) atoms. The van der Waals surface area contributed by atoms with E-state index in [2.05, 4.69) is 5.10 Å². The van der Waals surface area contributed by atoms with Crippen molar-refractivity contribution in [3.63, 3.8) is 0 Å². The summed E-state index contributed by atoms with van der Waals surface area (Å²) in [5.41, 5.74) is 2.99. The van der Waals surface area contributed by atoms with Gasteiger partial charge < -0.3 is 9.47 Å². The van der Waals surface area contributed by atoms with Gasteiger partial charge >= 0.3 is 5.69 Å². The number of hydrogen-bond acceptors (Lipinski definition) is 7. The molecule has 0 atom stereocenters. The second-order valence-corrected chi connectivity index (χ2v) is 10.2. The summed E-state index contributed by atoms with van der Waals surface area (Å²) in [5, 5.41) is 16.8. The Kier molecular flexibility index (Phi) is 8.29. The van der Waals surface area contributed by atoms with Gasteiger partial charge in [-0.2, -0.15) is 9.78 Å². The molecule has 0 radical (unpaired) electrons. The lowest BCUT2D eigenvalue weighted by Crippen LogP contribution is -2.21. The molecule has 0 bridgehead atoms. The minimum Gasteiger partial charge on any atom is -0.496 e. The second-order valence-electron chi connectivity index (χ2n) is 10.2. The zero-order valence-electron chi connectivity index (χ0n) is 24.1. The van der Waals surface area contributed by atoms with E-state index in [1.807, 2.05) is 32.9 Å². The first-order valence-electron chi connectivity index (χ1n) is 13.6. The van der Waals surface area contributed by atoms with Gasteiger partial charge in [0, 0.05) is 17.2 Å². The van der Waals surface area contributed by atoms with Crippen molar-refractivity contribution in [1.29, 1.82) is 0 Å². The van der Waals surface area contributed by atoms with Crippen molar-refractivity contribution in [2.75, 3.05) is 7.11 Å². The summed E-state index contributed by atoms with van der Waals surface area (Å²) in [5.74, 6) is 0.643. The summed E-state index contributed by atoms with van der Waals surface area (Å²) in [4.78, 5) is 29.9. The number of benzene rings is 4. The van der Waals surface area contributed by atoms with Gasteiger partial charge in [-0.1, -0.05) is 44.2 Å². The van der Waals surface area contributed by atoms with Gasteiger partial charge in [-0.05, 0) is 72.0 Å². The number of hydrogen-bond donors (Lipinski definition) is 0. The predicted octanol–water partition coefficient (Wildman–Crippen LogP) is 7.01. The van der Waals surface area contributed by atoms with Gasteiger partial charge in [0.15, 0.2) is 5.82 Å². The monoisotopic (exact) mass is 580 g/mol. The highest BCUT2D eigenvalue weighted by atomic mass is 19.1. The van der Waals surface area contributed by atoms with Crippen LogP contribution in [-0.2, 0) is 6.61 Å². The summed E-state index contributed by atoms with van der Waals surface area (Å²) >= 11 is 0. The van der Waals surface area contributed by atoms with Crippen molar-refractivity contribution in [3.8, 4) is 22.9 Å². The van der Waals surface area contributed by atoms with Crippen molar-refractivity contribution in [2.45, 2.75) is 33.3 Å². The predicted molar refractivity (Wildman–Crippen MR) is 164 cm³/mol. The maximum Gasteiger partial charge on any atom is 0.311 e. The van der Waals surface area contributed by atoms with Crippen LogP contribution in [-0.4, -0.2) is 27.9 Å². The van der Waals surface area contributed by atoms with Crippen LogP contribution < -0.4 is 15.0 Å². The molecular formula is C33H29FN4O5. The van der Waals surface area contributed by atoms with Gasteiger partial charge in [0.1, 0.15) is 18.2 Å². The number of nitro groups is 1. The van der Waals surface area contributed by atoms with E-state index in [4.69, 9.17) is 14.5 Å². The maximum absolute atomic E-state index is 13.8. The van der Waals surface area contributed by atoms with Crippen molar-refractivity contribution in [2.24, 2.45) is 5.10 Å². The molecule has 0 unspecified atom stereocenters. The number of nitro benzene ring substituents is 1. The van der Waals surface area contributed by atoms with Gasteiger partial charge in [0.05, 0.1) is 29.2 Å². The number of rotatable bonds is 9. The number of fused-ring (bicyclic) bond motifs is 1. The lowest BCUT2D eigenvalue weighted by Gasteiger charge is -2.17. The molecule has 1 heterocycles. The normalized spacial score (nSPS) is 11.4. The zero-order valence-corrected chi connectivity index (χ0v) is 24.1. The standard InChI is InChI=1S/C33H29FN4O5/c1-20(2)26-17-27(21(3)15-30(26)42-4)32-36-28-13-6-5-12-25(28)33(39)37(32)35-18-23-10-8-14-29(38(40)41)31(23)43-19-22-9-7-11-24(34)16-22/h5-18,20H,19H2,1-4H3. The van der Waals surface area contributed by atoms with Gasteiger partial charge in [0.25, 0.3) is 5.56 Å². The fourth-order valence-electron chi connectivity index (χ4n) is 4.82. The highest BCUT2D eigenvalue weighted by Gasteiger charge is 2.21. The number of ether oxygens (including phenoxy) is 2. The number of nitrogens with zero attached hydrogens (tertiary/aromatic N) is 4. The lowest BCUT2D eigenvalue weighted by molar-refractivity contribution is -0.385. The topological polar surface area (TPSA) is 109 Å². The Morgan fingerprint density at radius 3 is 2.56 bits per heavy atom. The van der Waals surface area contributed by atoms with Gasteiger partial charge in [-0.15, -0.1) is 0 Å².